The van der Waals surface area contributed by atoms with Crippen molar-refractivity contribution in [3.05, 3.63) is 59.2 Å². The molecule has 0 saturated heterocycles. The third-order valence-corrected chi connectivity index (χ3v) is 3.08. The van der Waals surface area contributed by atoms with Gasteiger partial charge in [0, 0.05) is 11.8 Å². The molecule has 0 aliphatic carbocycles. The Morgan fingerprint density at radius 2 is 1.65 bits per heavy atom. The van der Waals surface area contributed by atoms with Gasteiger partial charge in [0.2, 0.25) is 0 Å². The molecule has 0 heterocycles. The number of benzene rings is 2. The van der Waals surface area contributed by atoms with Crippen LogP contribution in [0.2, 0.25) is 0 Å². The minimum atomic E-state index is -0.534. The molecule has 0 aliphatic heterocycles. The molecule has 0 aliphatic rings. The highest BCUT2D eigenvalue weighted by Crippen LogP contribution is 2.18. The maximum absolute atomic E-state index is 11.8. The van der Waals surface area contributed by atoms with Crippen LogP contribution in [0.15, 0.2) is 47.5 Å². The van der Waals surface area contributed by atoms with Crippen LogP contribution in [0.4, 0.5) is 5.69 Å². The van der Waals surface area contributed by atoms with Crippen LogP contribution >= 0.6 is 0 Å². The van der Waals surface area contributed by atoms with Crippen molar-refractivity contribution >= 4 is 23.8 Å². The molecule has 0 unspecified atom stereocenters. The molecule has 118 valence electrons. The molecule has 0 saturated carbocycles. The van der Waals surface area contributed by atoms with E-state index in [1.807, 2.05) is 0 Å². The van der Waals surface area contributed by atoms with Crippen molar-refractivity contribution in [3.63, 3.8) is 0 Å². The summed E-state index contributed by atoms with van der Waals surface area (Å²) in [6, 6.07) is 10.7. The molecule has 1 N–H and O–H groups in total. The number of aliphatic imine (C=N–C) groups is 1. The maximum Gasteiger partial charge on any atom is 0.338 e. The van der Waals surface area contributed by atoms with Gasteiger partial charge in [-0.3, -0.25) is 4.99 Å². The molecule has 0 atom stereocenters. The Balaban J connectivity index is 2.42. The molecule has 6 heteroatoms. The van der Waals surface area contributed by atoms with Crippen LogP contribution < -0.4 is 0 Å². The standard InChI is InChI=1S/C17H15NO5/c1-22-16(20)11-3-8-15(17(21)23-2)12(9-11)10-18-13-4-6-14(19)7-5-13/h3-10,19H,1-2H3/b18-10+. The van der Waals surface area contributed by atoms with Crippen LogP contribution in [0.25, 0.3) is 0 Å². The van der Waals surface area contributed by atoms with Crippen LogP contribution in [0, 0.1) is 0 Å². The lowest BCUT2D eigenvalue weighted by Crippen LogP contribution is -2.08. The summed E-state index contributed by atoms with van der Waals surface area (Å²) in [6.07, 6.45) is 1.45. The number of nitrogens with zero attached hydrogens (tertiary/aromatic N) is 1. The lowest BCUT2D eigenvalue weighted by Gasteiger charge is -2.06. The number of hydrogen-bond acceptors (Lipinski definition) is 6. The summed E-state index contributed by atoms with van der Waals surface area (Å²) >= 11 is 0. The predicted octanol–water partition coefficient (Wildman–Crippen LogP) is 2.72. The molecule has 23 heavy (non-hydrogen) atoms. The molecule has 0 fully saturated rings. The van der Waals surface area contributed by atoms with E-state index in [-0.39, 0.29) is 11.3 Å². The molecule has 0 spiro atoms. The molecular weight excluding hydrogens is 298 g/mol. The third kappa shape index (κ3) is 3.94. The van der Waals surface area contributed by atoms with E-state index in [1.165, 1.54) is 50.8 Å². The Morgan fingerprint density at radius 1 is 1.00 bits per heavy atom. The van der Waals surface area contributed by atoms with E-state index in [2.05, 4.69) is 9.73 Å². The van der Waals surface area contributed by atoms with Crippen molar-refractivity contribution < 1.29 is 24.2 Å². The van der Waals surface area contributed by atoms with Gasteiger partial charge in [-0.1, -0.05) is 0 Å². The van der Waals surface area contributed by atoms with Crippen LogP contribution in [-0.4, -0.2) is 37.5 Å². The van der Waals surface area contributed by atoms with Crippen LogP contribution in [0.3, 0.4) is 0 Å². The average molecular weight is 313 g/mol. The van der Waals surface area contributed by atoms with Gasteiger partial charge in [-0.15, -0.1) is 0 Å². The quantitative estimate of drug-likeness (QED) is 0.693. The van der Waals surface area contributed by atoms with Gasteiger partial charge in [-0.05, 0) is 42.5 Å². The monoisotopic (exact) mass is 313 g/mol. The van der Waals surface area contributed by atoms with E-state index >= 15 is 0 Å². The Hall–Kier alpha value is -3.15. The Labute approximate surface area is 133 Å². The minimum absolute atomic E-state index is 0.131. The molecule has 0 radical (unpaired) electrons. The number of rotatable bonds is 4. The molecule has 0 amide bonds. The van der Waals surface area contributed by atoms with Crippen molar-refractivity contribution in [2.24, 2.45) is 4.99 Å². The Bertz CT molecular complexity index is 750. The molecule has 0 aromatic heterocycles. The summed E-state index contributed by atoms with van der Waals surface area (Å²) in [5.74, 6) is -0.916. The Kier molecular flexibility index (Phi) is 5.09. The molecule has 2 aromatic carbocycles. The Morgan fingerprint density at radius 3 is 2.26 bits per heavy atom. The van der Waals surface area contributed by atoms with Crippen molar-refractivity contribution in [2.45, 2.75) is 0 Å². The number of aromatic hydroxyl groups is 1. The second kappa shape index (κ2) is 7.22. The van der Waals surface area contributed by atoms with E-state index in [0.717, 1.165) is 0 Å². The van der Waals surface area contributed by atoms with E-state index in [4.69, 9.17) is 4.74 Å². The first-order valence-corrected chi connectivity index (χ1v) is 6.69. The molecule has 0 bridgehead atoms. The van der Waals surface area contributed by atoms with Crippen LogP contribution in [-0.2, 0) is 9.47 Å². The lowest BCUT2D eigenvalue weighted by molar-refractivity contribution is 0.0586. The summed E-state index contributed by atoms with van der Waals surface area (Å²) in [4.78, 5) is 27.7. The fourth-order valence-corrected chi connectivity index (χ4v) is 1.89. The zero-order valence-electron chi connectivity index (χ0n) is 12.6. The van der Waals surface area contributed by atoms with Gasteiger partial charge in [0.25, 0.3) is 0 Å². The summed E-state index contributed by atoms with van der Waals surface area (Å²) in [5.41, 5.74) is 1.59. The van der Waals surface area contributed by atoms with Crippen molar-refractivity contribution in [3.8, 4) is 5.75 Å². The van der Waals surface area contributed by atoms with Crippen LogP contribution in [0.5, 0.6) is 5.75 Å². The summed E-state index contributed by atoms with van der Waals surface area (Å²) in [6.45, 7) is 0. The van der Waals surface area contributed by atoms with Crippen molar-refractivity contribution in [2.75, 3.05) is 14.2 Å². The number of hydrogen-bond donors (Lipinski definition) is 1. The van der Waals surface area contributed by atoms with Gasteiger partial charge < -0.3 is 14.6 Å². The molecular formula is C17H15NO5. The first-order chi connectivity index (χ1) is 11.0. The first kappa shape index (κ1) is 16.2. The lowest BCUT2D eigenvalue weighted by atomic mass is 10.0. The van der Waals surface area contributed by atoms with E-state index in [0.29, 0.717) is 16.8 Å². The highest BCUT2D eigenvalue weighted by Gasteiger charge is 2.14. The highest BCUT2D eigenvalue weighted by molar-refractivity contribution is 6.02. The summed E-state index contributed by atoms with van der Waals surface area (Å²) < 4.78 is 9.39. The molecule has 2 rings (SSSR count). The number of phenolic OH excluding ortho intramolecular Hbond substituents is 1. The average Bonchev–Trinajstić information content (AvgIpc) is 2.59. The van der Waals surface area contributed by atoms with E-state index < -0.39 is 11.9 Å². The maximum atomic E-state index is 11.8. The summed E-state index contributed by atoms with van der Waals surface area (Å²) in [7, 11) is 2.55. The van der Waals surface area contributed by atoms with Gasteiger partial charge in [-0.2, -0.15) is 0 Å². The van der Waals surface area contributed by atoms with Gasteiger partial charge in [0.05, 0.1) is 31.0 Å². The second-order valence-corrected chi connectivity index (χ2v) is 4.56. The predicted molar refractivity (Wildman–Crippen MR) is 84.5 cm³/mol. The van der Waals surface area contributed by atoms with Gasteiger partial charge in [0.1, 0.15) is 5.75 Å². The fraction of sp³-hybridized carbons (Fsp3) is 0.118. The van der Waals surface area contributed by atoms with E-state index in [9.17, 15) is 14.7 Å². The number of esters is 2. The fourth-order valence-electron chi connectivity index (χ4n) is 1.89. The smallest absolute Gasteiger partial charge is 0.338 e. The number of carbonyl (C=O) groups excluding carboxylic acids is 2. The zero-order valence-corrected chi connectivity index (χ0v) is 12.6. The number of ether oxygens (including phenoxy) is 2. The topological polar surface area (TPSA) is 85.2 Å². The summed E-state index contributed by atoms with van der Waals surface area (Å²) in [5, 5.41) is 9.25. The number of phenols is 1. The largest absolute Gasteiger partial charge is 0.508 e. The van der Waals surface area contributed by atoms with Crippen molar-refractivity contribution in [1.82, 2.24) is 0 Å². The molecule has 6 nitrogen and oxygen atoms in total. The van der Waals surface area contributed by atoms with Crippen LogP contribution in [0.1, 0.15) is 26.3 Å². The van der Waals surface area contributed by atoms with Crippen molar-refractivity contribution in [1.29, 1.82) is 0 Å². The number of methoxy groups -OCH3 is 2. The second-order valence-electron chi connectivity index (χ2n) is 4.56. The third-order valence-electron chi connectivity index (χ3n) is 3.08. The SMILES string of the molecule is COC(=O)c1ccc(C(=O)OC)c(/C=N/c2ccc(O)cc2)c1. The number of carbonyl (C=O) groups is 2. The van der Waals surface area contributed by atoms with Gasteiger partial charge in [-0.25, -0.2) is 9.59 Å². The van der Waals surface area contributed by atoms with E-state index in [1.54, 1.807) is 12.1 Å². The highest BCUT2D eigenvalue weighted by atomic mass is 16.5. The van der Waals surface area contributed by atoms with Gasteiger partial charge >= 0.3 is 11.9 Å². The van der Waals surface area contributed by atoms with Gasteiger partial charge in [0.15, 0.2) is 0 Å². The zero-order chi connectivity index (χ0) is 16.8. The molecule has 2 aromatic rings. The normalized spacial score (nSPS) is 10.5. The minimum Gasteiger partial charge on any atom is -0.508 e. The first-order valence-electron chi connectivity index (χ1n) is 6.69.